The zero-order chi connectivity index (χ0) is 16.7. The SMILES string of the molecule is Cl.NC1CCCN(c2c(Br)cnc3[nH]cc(NC(=O)N4CCC4)c23)C1. The molecule has 2 aliphatic heterocycles. The first-order valence-electron chi connectivity index (χ1n) is 8.35. The van der Waals surface area contributed by atoms with Crippen LogP contribution in [0.25, 0.3) is 11.0 Å². The monoisotopic (exact) mass is 428 g/mol. The number of fused-ring (bicyclic) bond motifs is 1. The van der Waals surface area contributed by atoms with Gasteiger partial charge in [-0.2, -0.15) is 0 Å². The fraction of sp³-hybridized carbons (Fsp3) is 0.500. The molecule has 1 atom stereocenters. The number of carbonyl (C=O) groups excluding carboxylic acids is 1. The number of pyridine rings is 1. The predicted molar refractivity (Wildman–Crippen MR) is 106 cm³/mol. The molecular weight excluding hydrogens is 408 g/mol. The minimum Gasteiger partial charge on any atom is -0.368 e. The maximum absolute atomic E-state index is 12.3. The van der Waals surface area contributed by atoms with Gasteiger partial charge >= 0.3 is 6.03 Å². The van der Waals surface area contributed by atoms with Crippen LogP contribution in [0.2, 0.25) is 0 Å². The molecule has 1 unspecified atom stereocenters. The number of likely N-dealkylation sites (tertiary alicyclic amines) is 1. The zero-order valence-electron chi connectivity index (χ0n) is 13.8. The van der Waals surface area contributed by atoms with Crippen LogP contribution in [-0.4, -0.2) is 53.1 Å². The lowest BCUT2D eigenvalue weighted by Crippen LogP contribution is -2.44. The average molecular weight is 430 g/mol. The third-order valence-electron chi connectivity index (χ3n) is 4.79. The highest BCUT2D eigenvalue weighted by Crippen LogP contribution is 2.38. The van der Waals surface area contributed by atoms with Gasteiger partial charge in [-0.05, 0) is 35.2 Å². The Labute approximate surface area is 160 Å². The van der Waals surface area contributed by atoms with Gasteiger partial charge in [0.15, 0.2) is 0 Å². The van der Waals surface area contributed by atoms with Gasteiger partial charge in [0.05, 0.1) is 21.2 Å². The van der Waals surface area contributed by atoms with E-state index in [9.17, 15) is 4.79 Å². The number of aromatic nitrogens is 2. The Balaban J connectivity index is 0.00000182. The molecule has 7 nitrogen and oxygen atoms in total. The number of H-pyrrole nitrogens is 1. The number of piperidine rings is 1. The molecule has 9 heteroatoms. The smallest absolute Gasteiger partial charge is 0.321 e. The summed E-state index contributed by atoms with van der Waals surface area (Å²) in [5.41, 5.74) is 8.75. The van der Waals surface area contributed by atoms with Crippen molar-refractivity contribution in [3.63, 3.8) is 0 Å². The van der Waals surface area contributed by atoms with E-state index in [4.69, 9.17) is 5.73 Å². The molecular formula is C16H22BrClN6O. The summed E-state index contributed by atoms with van der Waals surface area (Å²) in [6.45, 7) is 3.41. The van der Waals surface area contributed by atoms with E-state index in [1.54, 1.807) is 11.1 Å². The molecule has 2 aromatic rings. The molecule has 0 aliphatic carbocycles. The topological polar surface area (TPSA) is 90.3 Å². The van der Waals surface area contributed by atoms with Gasteiger partial charge in [-0.25, -0.2) is 9.78 Å². The van der Waals surface area contributed by atoms with Gasteiger partial charge in [-0.15, -0.1) is 12.4 Å². The molecule has 0 aromatic carbocycles. The maximum Gasteiger partial charge on any atom is 0.321 e. The molecule has 0 bridgehead atoms. The van der Waals surface area contributed by atoms with Crippen molar-refractivity contribution >= 4 is 56.8 Å². The summed E-state index contributed by atoms with van der Waals surface area (Å²) in [4.78, 5) is 24.0. The normalized spacial score (nSPS) is 20.2. The average Bonchev–Trinajstić information content (AvgIpc) is 2.88. The number of nitrogens with zero attached hydrogens (tertiary/aromatic N) is 3. The third-order valence-corrected chi connectivity index (χ3v) is 5.37. The number of nitrogens with one attached hydrogen (secondary N) is 2. The van der Waals surface area contributed by atoms with Crippen molar-refractivity contribution < 1.29 is 4.79 Å². The molecule has 2 aromatic heterocycles. The summed E-state index contributed by atoms with van der Waals surface area (Å²) >= 11 is 3.63. The van der Waals surface area contributed by atoms with E-state index in [1.807, 2.05) is 6.20 Å². The van der Waals surface area contributed by atoms with Crippen molar-refractivity contribution in [3.05, 3.63) is 16.9 Å². The summed E-state index contributed by atoms with van der Waals surface area (Å²) in [6, 6.07) is 0.121. The van der Waals surface area contributed by atoms with Crippen LogP contribution in [0, 0.1) is 0 Å². The minimum absolute atomic E-state index is 0. The van der Waals surface area contributed by atoms with Gasteiger partial charge in [0.25, 0.3) is 0 Å². The van der Waals surface area contributed by atoms with E-state index in [-0.39, 0.29) is 24.5 Å². The van der Waals surface area contributed by atoms with Gasteiger partial charge in [-0.1, -0.05) is 0 Å². The molecule has 2 aliphatic rings. The van der Waals surface area contributed by atoms with E-state index in [1.165, 1.54) is 0 Å². The summed E-state index contributed by atoms with van der Waals surface area (Å²) in [7, 11) is 0. The van der Waals surface area contributed by atoms with Crippen molar-refractivity contribution in [1.29, 1.82) is 0 Å². The fourth-order valence-electron chi connectivity index (χ4n) is 3.39. The fourth-order valence-corrected chi connectivity index (χ4v) is 3.94. The van der Waals surface area contributed by atoms with Gasteiger partial charge in [-0.3, -0.25) is 0 Å². The van der Waals surface area contributed by atoms with Gasteiger partial charge in [0.1, 0.15) is 5.65 Å². The van der Waals surface area contributed by atoms with Crippen molar-refractivity contribution in [2.45, 2.75) is 25.3 Å². The van der Waals surface area contributed by atoms with Crippen molar-refractivity contribution in [2.75, 3.05) is 36.4 Å². The number of amides is 2. The number of hydrogen-bond donors (Lipinski definition) is 3. The summed E-state index contributed by atoms with van der Waals surface area (Å²) in [5.74, 6) is 0. The third kappa shape index (κ3) is 3.43. The predicted octanol–water partition coefficient (Wildman–Crippen LogP) is 2.91. The minimum atomic E-state index is -0.0524. The molecule has 136 valence electrons. The molecule has 4 rings (SSSR count). The second-order valence-electron chi connectivity index (χ2n) is 6.50. The first kappa shape index (κ1) is 18.3. The molecule has 4 heterocycles. The lowest BCUT2D eigenvalue weighted by Gasteiger charge is -2.34. The van der Waals surface area contributed by atoms with Crippen LogP contribution in [0.15, 0.2) is 16.9 Å². The number of urea groups is 1. The number of anilines is 2. The lowest BCUT2D eigenvalue weighted by atomic mass is 10.1. The summed E-state index contributed by atoms with van der Waals surface area (Å²) in [5, 5.41) is 3.96. The largest absolute Gasteiger partial charge is 0.368 e. The highest BCUT2D eigenvalue weighted by Gasteiger charge is 2.25. The van der Waals surface area contributed by atoms with Crippen molar-refractivity contribution in [1.82, 2.24) is 14.9 Å². The quantitative estimate of drug-likeness (QED) is 0.684. The number of aromatic amines is 1. The van der Waals surface area contributed by atoms with Gasteiger partial charge < -0.3 is 25.8 Å². The van der Waals surface area contributed by atoms with E-state index in [2.05, 4.69) is 36.1 Å². The number of hydrogen-bond acceptors (Lipinski definition) is 4. The first-order chi connectivity index (χ1) is 11.6. The standard InChI is InChI=1S/C16H21BrN6O.ClH/c17-11-7-19-15-13(14(11)23-4-1-3-10(18)9-23)12(8-20-15)21-16(24)22-5-2-6-22;/h7-8,10H,1-6,9,18H2,(H,19,20)(H,21,24);1H. The van der Waals surface area contributed by atoms with Gasteiger partial charge in [0.2, 0.25) is 0 Å². The molecule has 4 N–H and O–H groups in total. The number of rotatable bonds is 2. The second kappa shape index (κ2) is 7.39. The summed E-state index contributed by atoms with van der Waals surface area (Å²) < 4.78 is 0.920. The molecule has 0 saturated carbocycles. The Morgan fingerprint density at radius 2 is 2.16 bits per heavy atom. The Morgan fingerprint density at radius 3 is 2.84 bits per heavy atom. The van der Waals surface area contributed by atoms with Crippen molar-refractivity contribution in [3.8, 4) is 0 Å². The zero-order valence-corrected chi connectivity index (χ0v) is 16.2. The molecule has 2 amide bonds. The van der Waals surface area contributed by atoms with E-state index < -0.39 is 0 Å². The molecule has 0 radical (unpaired) electrons. The highest BCUT2D eigenvalue weighted by molar-refractivity contribution is 9.10. The second-order valence-corrected chi connectivity index (χ2v) is 7.35. The Kier molecular flexibility index (Phi) is 5.41. The van der Waals surface area contributed by atoms with Gasteiger partial charge in [0, 0.05) is 44.6 Å². The van der Waals surface area contributed by atoms with Crippen LogP contribution >= 0.6 is 28.3 Å². The molecule has 2 fully saturated rings. The van der Waals surface area contributed by atoms with Crippen LogP contribution in [0.3, 0.4) is 0 Å². The summed E-state index contributed by atoms with van der Waals surface area (Å²) in [6.07, 6.45) is 6.81. The molecule has 2 saturated heterocycles. The number of halogens is 2. The Bertz CT molecular complexity index is 777. The van der Waals surface area contributed by atoms with Crippen molar-refractivity contribution in [2.24, 2.45) is 5.73 Å². The Hall–Kier alpha value is -1.51. The first-order valence-corrected chi connectivity index (χ1v) is 9.15. The van der Waals surface area contributed by atoms with Crippen LogP contribution in [-0.2, 0) is 0 Å². The number of nitrogens with two attached hydrogens (primary N) is 1. The van der Waals surface area contributed by atoms with Crippen LogP contribution < -0.4 is 16.0 Å². The highest BCUT2D eigenvalue weighted by atomic mass is 79.9. The van der Waals surface area contributed by atoms with Crippen LogP contribution in [0.1, 0.15) is 19.3 Å². The maximum atomic E-state index is 12.3. The Morgan fingerprint density at radius 1 is 1.36 bits per heavy atom. The number of carbonyl (C=O) groups is 1. The van der Waals surface area contributed by atoms with E-state index in [0.29, 0.717) is 0 Å². The van der Waals surface area contributed by atoms with Crippen LogP contribution in [0.5, 0.6) is 0 Å². The van der Waals surface area contributed by atoms with Crippen LogP contribution in [0.4, 0.5) is 16.2 Å². The molecule has 0 spiro atoms. The van der Waals surface area contributed by atoms with E-state index >= 15 is 0 Å². The van der Waals surface area contributed by atoms with E-state index in [0.717, 1.165) is 72.3 Å². The molecule has 25 heavy (non-hydrogen) atoms. The lowest BCUT2D eigenvalue weighted by molar-refractivity contribution is 0.181.